The van der Waals surface area contributed by atoms with E-state index in [1.165, 1.54) is 31.4 Å². The van der Waals surface area contributed by atoms with Gasteiger partial charge < -0.3 is 14.8 Å². The molecule has 1 N–H and O–H groups in total. The number of amides is 1. The second-order valence-corrected chi connectivity index (χ2v) is 7.23. The van der Waals surface area contributed by atoms with E-state index in [0.29, 0.717) is 22.0 Å². The first-order valence-electron chi connectivity index (χ1n) is 9.08. The van der Waals surface area contributed by atoms with Crippen LogP contribution in [0.2, 0.25) is 10.0 Å². The van der Waals surface area contributed by atoms with Crippen molar-refractivity contribution in [3.8, 4) is 5.75 Å². The number of carbonyl (C=O) groups is 3. The summed E-state index contributed by atoms with van der Waals surface area (Å²) in [5, 5.41) is 3.28. The fraction of sp³-hybridized carbons (Fsp3) is 0.0870. The molecular weight excluding hydrogens is 441 g/mol. The smallest absolute Gasteiger partial charge is 0.338 e. The molecule has 0 radical (unpaired) electrons. The van der Waals surface area contributed by atoms with E-state index in [9.17, 15) is 14.4 Å². The highest BCUT2D eigenvalue weighted by molar-refractivity contribution is 6.37. The lowest BCUT2D eigenvalue weighted by molar-refractivity contribution is 0.0474. The minimum atomic E-state index is -0.692. The lowest BCUT2D eigenvalue weighted by atomic mass is 10.1. The highest BCUT2D eigenvalue weighted by Gasteiger charge is 2.15. The summed E-state index contributed by atoms with van der Waals surface area (Å²) in [5.74, 6) is -0.880. The largest absolute Gasteiger partial charge is 0.497 e. The van der Waals surface area contributed by atoms with Crippen molar-refractivity contribution in [1.29, 1.82) is 0 Å². The molecular formula is C23H17Cl2NO5. The van der Waals surface area contributed by atoms with Gasteiger partial charge in [0.1, 0.15) is 5.75 Å². The van der Waals surface area contributed by atoms with Gasteiger partial charge in [0.15, 0.2) is 12.4 Å². The third-order valence-corrected chi connectivity index (χ3v) is 4.83. The summed E-state index contributed by atoms with van der Waals surface area (Å²) in [6, 6.07) is 17.2. The molecule has 0 aromatic heterocycles. The van der Waals surface area contributed by atoms with Gasteiger partial charge in [-0.1, -0.05) is 29.3 Å². The molecule has 0 spiro atoms. The number of halogens is 2. The van der Waals surface area contributed by atoms with E-state index in [1.807, 2.05) is 0 Å². The lowest BCUT2D eigenvalue weighted by Crippen LogP contribution is -2.15. The summed E-state index contributed by atoms with van der Waals surface area (Å²) in [5.41, 5.74) is 1.19. The number of rotatable bonds is 7. The maximum atomic E-state index is 12.4. The van der Waals surface area contributed by atoms with Crippen LogP contribution < -0.4 is 10.1 Å². The van der Waals surface area contributed by atoms with E-state index >= 15 is 0 Å². The number of Topliss-reactive ketones (excluding diaryl/α,β-unsaturated/α-hetero) is 1. The van der Waals surface area contributed by atoms with Crippen molar-refractivity contribution in [3.63, 3.8) is 0 Å². The molecule has 0 saturated heterocycles. The number of benzene rings is 3. The van der Waals surface area contributed by atoms with Crippen molar-refractivity contribution in [2.45, 2.75) is 0 Å². The van der Waals surface area contributed by atoms with Gasteiger partial charge in [0.05, 0.1) is 23.3 Å². The standard InChI is InChI=1S/C23H17Cl2NO5/c1-30-18-8-5-14(6-9-18)21(27)13-31-23(29)15-3-2-4-17(11-15)26-22(28)19-10-7-16(24)12-20(19)25/h2-12H,13H2,1H3,(H,26,28). The predicted octanol–water partition coefficient (Wildman–Crippen LogP) is 5.29. The summed E-state index contributed by atoms with van der Waals surface area (Å²) >= 11 is 11.9. The quantitative estimate of drug-likeness (QED) is 0.384. The predicted molar refractivity (Wildman–Crippen MR) is 118 cm³/mol. The lowest BCUT2D eigenvalue weighted by Gasteiger charge is -2.09. The molecule has 3 aromatic carbocycles. The van der Waals surface area contributed by atoms with Crippen LogP contribution in [0.15, 0.2) is 66.7 Å². The molecule has 0 aliphatic rings. The third-order valence-electron chi connectivity index (χ3n) is 4.28. The van der Waals surface area contributed by atoms with Crippen LogP contribution in [0.1, 0.15) is 31.1 Å². The highest BCUT2D eigenvalue weighted by Crippen LogP contribution is 2.22. The molecule has 6 nitrogen and oxygen atoms in total. The number of nitrogens with one attached hydrogen (secondary N) is 1. The molecule has 3 aromatic rings. The minimum Gasteiger partial charge on any atom is -0.497 e. The molecule has 1 amide bonds. The van der Waals surface area contributed by atoms with Crippen molar-refractivity contribution >= 4 is 46.5 Å². The van der Waals surface area contributed by atoms with Crippen molar-refractivity contribution in [1.82, 2.24) is 0 Å². The average Bonchev–Trinajstić information content (AvgIpc) is 2.77. The van der Waals surface area contributed by atoms with Crippen LogP contribution in [-0.2, 0) is 4.74 Å². The van der Waals surface area contributed by atoms with Crippen molar-refractivity contribution in [2.75, 3.05) is 19.0 Å². The van der Waals surface area contributed by atoms with Crippen LogP contribution in [0.5, 0.6) is 5.75 Å². The molecule has 8 heteroatoms. The number of anilines is 1. The van der Waals surface area contributed by atoms with E-state index in [-0.39, 0.29) is 21.9 Å². The first-order valence-corrected chi connectivity index (χ1v) is 9.84. The topological polar surface area (TPSA) is 81.7 Å². The van der Waals surface area contributed by atoms with Gasteiger partial charge in [0, 0.05) is 16.3 Å². The summed E-state index contributed by atoms with van der Waals surface area (Å²) in [7, 11) is 1.53. The Morgan fingerprint density at radius 2 is 1.65 bits per heavy atom. The zero-order valence-corrected chi connectivity index (χ0v) is 17.9. The molecule has 0 fully saturated rings. The van der Waals surface area contributed by atoms with Gasteiger partial charge >= 0.3 is 5.97 Å². The van der Waals surface area contributed by atoms with E-state index in [1.54, 1.807) is 42.5 Å². The molecule has 0 unspecified atom stereocenters. The Morgan fingerprint density at radius 1 is 0.903 bits per heavy atom. The Kier molecular flexibility index (Phi) is 7.28. The molecule has 0 saturated carbocycles. The van der Waals surface area contributed by atoms with Crippen molar-refractivity contribution in [2.24, 2.45) is 0 Å². The first kappa shape index (κ1) is 22.3. The van der Waals surface area contributed by atoms with Gasteiger partial charge in [-0.2, -0.15) is 0 Å². The van der Waals surface area contributed by atoms with E-state index in [4.69, 9.17) is 32.7 Å². The average molecular weight is 458 g/mol. The maximum Gasteiger partial charge on any atom is 0.338 e. The SMILES string of the molecule is COc1ccc(C(=O)COC(=O)c2cccc(NC(=O)c3ccc(Cl)cc3Cl)c2)cc1. The van der Waals surface area contributed by atoms with Gasteiger partial charge in [0.25, 0.3) is 5.91 Å². The molecule has 3 rings (SSSR count). The fourth-order valence-electron chi connectivity index (χ4n) is 2.67. The Balaban J connectivity index is 1.62. The normalized spacial score (nSPS) is 10.3. The second kappa shape index (κ2) is 10.1. The van der Waals surface area contributed by atoms with Crippen LogP contribution in [0, 0.1) is 0 Å². The van der Waals surface area contributed by atoms with Crippen molar-refractivity contribution < 1.29 is 23.9 Å². The molecule has 158 valence electrons. The zero-order valence-electron chi connectivity index (χ0n) is 16.4. The molecule has 0 aliphatic carbocycles. The first-order chi connectivity index (χ1) is 14.9. The fourth-order valence-corrected chi connectivity index (χ4v) is 3.16. The zero-order chi connectivity index (χ0) is 22.4. The highest BCUT2D eigenvalue weighted by atomic mass is 35.5. The Labute approximate surface area is 188 Å². The van der Waals surface area contributed by atoms with Gasteiger partial charge in [-0.25, -0.2) is 4.79 Å². The number of ketones is 1. The Bertz CT molecular complexity index is 1130. The van der Waals surface area contributed by atoms with Gasteiger partial charge in [-0.05, 0) is 60.7 Å². The van der Waals surface area contributed by atoms with Crippen LogP contribution in [0.25, 0.3) is 0 Å². The van der Waals surface area contributed by atoms with E-state index in [0.717, 1.165) is 0 Å². The van der Waals surface area contributed by atoms with E-state index < -0.39 is 18.5 Å². The third kappa shape index (κ3) is 5.84. The molecule has 0 aliphatic heterocycles. The Hall–Kier alpha value is -3.35. The monoisotopic (exact) mass is 457 g/mol. The van der Waals surface area contributed by atoms with Crippen LogP contribution in [0.3, 0.4) is 0 Å². The molecule has 0 bridgehead atoms. The van der Waals surface area contributed by atoms with Crippen molar-refractivity contribution in [3.05, 3.63) is 93.5 Å². The summed E-state index contributed by atoms with van der Waals surface area (Å²) in [4.78, 5) is 37.0. The molecule has 31 heavy (non-hydrogen) atoms. The minimum absolute atomic E-state index is 0.183. The summed E-state index contributed by atoms with van der Waals surface area (Å²) in [6.45, 7) is -0.415. The van der Waals surface area contributed by atoms with E-state index in [2.05, 4.69) is 5.32 Å². The van der Waals surface area contributed by atoms with Crippen LogP contribution in [-0.4, -0.2) is 31.4 Å². The number of ether oxygens (including phenoxy) is 2. The van der Waals surface area contributed by atoms with Crippen LogP contribution in [0.4, 0.5) is 5.69 Å². The molecule has 0 heterocycles. The number of esters is 1. The van der Waals surface area contributed by atoms with Crippen LogP contribution >= 0.6 is 23.2 Å². The Morgan fingerprint density at radius 3 is 2.32 bits per heavy atom. The number of methoxy groups -OCH3 is 1. The second-order valence-electron chi connectivity index (χ2n) is 6.39. The molecule has 0 atom stereocenters. The maximum absolute atomic E-state index is 12.4. The number of hydrogen-bond acceptors (Lipinski definition) is 5. The summed E-state index contributed by atoms with van der Waals surface area (Å²) in [6.07, 6.45) is 0. The summed E-state index contributed by atoms with van der Waals surface area (Å²) < 4.78 is 10.2. The number of hydrogen-bond donors (Lipinski definition) is 1. The van der Waals surface area contributed by atoms with Gasteiger partial charge in [-0.3, -0.25) is 9.59 Å². The number of carbonyl (C=O) groups excluding carboxylic acids is 3. The van der Waals surface area contributed by atoms with Gasteiger partial charge in [-0.15, -0.1) is 0 Å². The van der Waals surface area contributed by atoms with Gasteiger partial charge in [0.2, 0.25) is 0 Å².